The van der Waals surface area contributed by atoms with Crippen LogP contribution < -0.4 is 5.32 Å². The number of anilines is 1. The van der Waals surface area contributed by atoms with Crippen molar-refractivity contribution in [3.63, 3.8) is 0 Å². The Labute approximate surface area is 138 Å². The third-order valence-corrected chi connectivity index (χ3v) is 4.99. The van der Waals surface area contributed by atoms with Crippen LogP contribution in [0, 0.1) is 0 Å². The van der Waals surface area contributed by atoms with E-state index in [1.165, 1.54) is 22.5 Å². The maximum atomic E-state index is 12.4. The number of carbonyl (C=O) groups is 2. The van der Waals surface area contributed by atoms with Crippen LogP contribution in [-0.4, -0.2) is 18.5 Å². The van der Waals surface area contributed by atoms with Gasteiger partial charge in [-0.05, 0) is 49.8 Å². The summed E-state index contributed by atoms with van der Waals surface area (Å²) < 4.78 is 10.4. The van der Waals surface area contributed by atoms with Gasteiger partial charge in [-0.15, -0.1) is 11.3 Å². The highest BCUT2D eigenvalue weighted by atomic mass is 32.1. The lowest BCUT2D eigenvalue weighted by Gasteiger charge is -2.12. The van der Waals surface area contributed by atoms with Crippen LogP contribution in [-0.2, 0) is 17.6 Å². The first kappa shape index (κ1) is 15.8. The second-order valence-corrected chi connectivity index (χ2v) is 6.59. The van der Waals surface area contributed by atoms with E-state index in [9.17, 15) is 9.59 Å². The molecule has 0 unspecified atom stereocenters. The van der Waals surface area contributed by atoms with Crippen molar-refractivity contribution in [2.45, 2.75) is 39.0 Å². The van der Waals surface area contributed by atoms with Gasteiger partial charge in [0.1, 0.15) is 5.00 Å². The predicted octanol–water partition coefficient (Wildman–Crippen LogP) is 4.04. The van der Waals surface area contributed by atoms with Crippen LogP contribution in [0.5, 0.6) is 0 Å². The van der Waals surface area contributed by atoms with Crippen LogP contribution in [0.2, 0.25) is 0 Å². The minimum Gasteiger partial charge on any atom is -0.462 e. The second kappa shape index (κ2) is 7.00. The van der Waals surface area contributed by atoms with Crippen LogP contribution in [0.3, 0.4) is 0 Å². The van der Waals surface area contributed by atoms with Gasteiger partial charge < -0.3 is 14.5 Å². The molecule has 2 aromatic heterocycles. The number of hydrogen-bond acceptors (Lipinski definition) is 5. The zero-order chi connectivity index (χ0) is 16.2. The smallest absolute Gasteiger partial charge is 0.341 e. The van der Waals surface area contributed by atoms with Gasteiger partial charge in [0.05, 0.1) is 18.4 Å². The highest BCUT2D eigenvalue weighted by Gasteiger charge is 2.27. The summed E-state index contributed by atoms with van der Waals surface area (Å²) >= 11 is 1.47. The summed E-state index contributed by atoms with van der Waals surface area (Å²) in [6, 6.07) is 3.25. The van der Waals surface area contributed by atoms with Gasteiger partial charge in [0.2, 0.25) is 0 Å². The Kier molecular flexibility index (Phi) is 4.81. The predicted molar refractivity (Wildman–Crippen MR) is 88.2 cm³/mol. The number of amides is 1. The number of nitrogens with one attached hydrogen (secondary N) is 1. The summed E-state index contributed by atoms with van der Waals surface area (Å²) in [7, 11) is 0. The van der Waals surface area contributed by atoms with Crippen molar-refractivity contribution in [3.8, 4) is 0 Å². The molecule has 0 saturated carbocycles. The third kappa shape index (κ3) is 3.32. The van der Waals surface area contributed by atoms with Gasteiger partial charge in [0, 0.05) is 4.88 Å². The van der Waals surface area contributed by atoms with E-state index < -0.39 is 0 Å². The van der Waals surface area contributed by atoms with E-state index in [4.69, 9.17) is 9.15 Å². The lowest BCUT2D eigenvalue weighted by atomic mass is 9.95. The molecular weight excluding hydrogens is 314 g/mol. The molecule has 0 atom stereocenters. The summed E-state index contributed by atoms with van der Waals surface area (Å²) in [6.45, 7) is 2.34. The van der Waals surface area contributed by atoms with Crippen LogP contribution in [0.1, 0.15) is 57.5 Å². The SMILES string of the molecule is CCCOC(=O)c1c(NC(=O)c2ccco2)sc2c1CCCC2. The van der Waals surface area contributed by atoms with Crippen molar-refractivity contribution < 1.29 is 18.7 Å². The van der Waals surface area contributed by atoms with E-state index in [0.717, 1.165) is 37.7 Å². The largest absolute Gasteiger partial charge is 0.462 e. The molecule has 0 fully saturated rings. The first-order valence-corrected chi connectivity index (χ1v) is 8.69. The molecular formula is C17H19NO4S. The van der Waals surface area contributed by atoms with Gasteiger partial charge in [-0.3, -0.25) is 4.79 Å². The van der Waals surface area contributed by atoms with Crippen molar-refractivity contribution in [3.05, 3.63) is 40.2 Å². The highest BCUT2D eigenvalue weighted by Crippen LogP contribution is 2.38. The zero-order valence-electron chi connectivity index (χ0n) is 13.0. The van der Waals surface area contributed by atoms with E-state index in [1.54, 1.807) is 12.1 Å². The summed E-state index contributed by atoms with van der Waals surface area (Å²) in [5, 5.41) is 3.38. The average molecular weight is 333 g/mol. The Balaban J connectivity index is 1.90. The molecule has 1 aliphatic rings. The quantitative estimate of drug-likeness (QED) is 0.839. The number of hydrogen-bond donors (Lipinski definition) is 1. The van der Waals surface area contributed by atoms with Gasteiger partial charge in [0.15, 0.2) is 5.76 Å². The first-order valence-electron chi connectivity index (χ1n) is 7.87. The van der Waals surface area contributed by atoms with Gasteiger partial charge in [0.25, 0.3) is 5.91 Å². The number of rotatable bonds is 5. The molecule has 0 bridgehead atoms. The second-order valence-electron chi connectivity index (χ2n) is 5.48. The average Bonchev–Trinajstić information content (AvgIpc) is 3.19. The number of esters is 1. The van der Waals surface area contributed by atoms with E-state index >= 15 is 0 Å². The highest BCUT2D eigenvalue weighted by molar-refractivity contribution is 7.17. The Morgan fingerprint density at radius 1 is 1.35 bits per heavy atom. The van der Waals surface area contributed by atoms with Crippen LogP contribution in [0.4, 0.5) is 5.00 Å². The summed E-state index contributed by atoms with van der Waals surface area (Å²) in [5.74, 6) is -0.469. The molecule has 5 nitrogen and oxygen atoms in total. The van der Waals surface area contributed by atoms with Crippen molar-refractivity contribution in [1.82, 2.24) is 0 Å². The Morgan fingerprint density at radius 2 is 2.17 bits per heavy atom. The molecule has 3 rings (SSSR count). The molecule has 1 amide bonds. The van der Waals surface area contributed by atoms with Gasteiger partial charge >= 0.3 is 5.97 Å². The Bertz CT molecular complexity index is 703. The van der Waals surface area contributed by atoms with Crippen molar-refractivity contribution >= 4 is 28.2 Å². The molecule has 0 spiro atoms. The van der Waals surface area contributed by atoms with Gasteiger partial charge in [-0.2, -0.15) is 0 Å². The topological polar surface area (TPSA) is 68.5 Å². The lowest BCUT2D eigenvalue weighted by molar-refractivity contribution is 0.0505. The molecule has 0 radical (unpaired) electrons. The lowest BCUT2D eigenvalue weighted by Crippen LogP contribution is -2.15. The molecule has 0 aliphatic heterocycles. The van der Waals surface area contributed by atoms with Crippen LogP contribution in [0.25, 0.3) is 0 Å². The molecule has 122 valence electrons. The molecule has 1 aliphatic carbocycles. The summed E-state index contributed by atoms with van der Waals surface area (Å²) in [4.78, 5) is 25.8. The molecule has 0 aromatic carbocycles. The maximum Gasteiger partial charge on any atom is 0.341 e. The van der Waals surface area contributed by atoms with Gasteiger partial charge in [-0.1, -0.05) is 6.92 Å². The molecule has 6 heteroatoms. The minimum atomic E-state index is -0.349. The maximum absolute atomic E-state index is 12.4. The Morgan fingerprint density at radius 3 is 2.91 bits per heavy atom. The van der Waals surface area contributed by atoms with E-state index in [2.05, 4.69) is 5.32 Å². The molecule has 23 heavy (non-hydrogen) atoms. The van der Waals surface area contributed by atoms with Crippen molar-refractivity contribution in [1.29, 1.82) is 0 Å². The molecule has 2 heterocycles. The minimum absolute atomic E-state index is 0.226. The fourth-order valence-electron chi connectivity index (χ4n) is 2.71. The number of furan rings is 1. The standard InChI is InChI=1S/C17H19NO4S/c1-2-9-22-17(20)14-11-6-3-4-8-13(11)23-16(14)18-15(19)12-7-5-10-21-12/h5,7,10H,2-4,6,8-9H2,1H3,(H,18,19). The van der Waals surface area contributed by atoms with Crippen molar-refractivity contribution in [2.24, 2.45) is 0 Å². The number of aryl methyl sites for hydroxylation is 1. The summed E-state index contributed by atoms with van der Waals surface area (Å²) in [5.41, 5.74) is 1.56. The fraction of sp³-hybridized carbons (Fsp3) is 0.412. The molecule has 0 saturated heterocycles. The van der Waals surface area contributed by atoms with E-state index in [-0.39, 0.29) is 17.6 Å². The van der Waals surface area contributed by atoms with Gasteiger partial charge in [-0.25, -0.2) is 4.79 Å². The van der Waals surface area contributed by atoms with Crippen molar-refractivity contribution in [2.75, 3.05) is 11.9 Å². The number of ether oxygens (including phenoxy) is 1. The summed E-state index contributed by atoms with van der Waals surface area (Å²) in [6.07, 6.45) is 6.20. The van der Waals surface area contributed by atoms with Crippen LogP contribution >= 0.6 is 11.3 Å². The first-order chi connectivity index (χ1) is 11.2. The Hall–Kier alpha value is -2.08. The molecule has 1 N–H and O–H groups in total. The number of thiophene rings is 1. The normalized spacial score (nSPS) is 13.4. The number of carbonyl (C=O) groups excluding carboxylic acids is 2. The third-order valence-electron chi connectivity index (χ3n) is 3.78. The molecule has 2 aromatic rings. The number of fused-ring (bicyclic) bond motifs is 1. The van der Waals surface area contributed by atoms with Crippen LogP contribution in [0.15, 0.2) is 22.8 Å². The zero-order valence-corrected chi connectivity index (χ0v) is 13.8. The monoisotopic (exact) mass is 333 g/mol. The van der Waals surface area contributed by atoms with E-state index in [0.29, 0.717) is 17.2 Å². The fourth-order valence-corrected chi connectivity index (χ4v) is 3.98. The van der Waals surface area contributed by atoms with E-state index in [1.807, 2.05) is 6.92 Å².